The summed E-state index contributed by atoms with van der Waals surface area (Å²) < 4.78 is 5.54. The summed E-state index contributed by atoms with van der Waals surface area (Å²) in [7, 11) is 5.86. The molecule has 2 aliphatic carbocycles. The predicted molar refractivity (Wildman–Crippen MR) is 114 cm³/mol. The summed E-state index contributed by atoms with van der Waals surface area (Å²) in [6.45, 7) is 5.35. The quantitative estimate of drug-likeness (QED) is 0.779. The molecule has 162 valence electrons. The van der Waals surface area contributed by atoms with Crippen LogP contribution in [0.3, 0.4) is 0 Å². The molecule has 1 spiro atoms. The first kappa shape index (κ1) is 19.8. The van der Waals surface area contributed by atoms with Crippen LogP contribution in [0.4, 0.5) is 0 Å². The molecule has 1 aromatic carbocycles. The third kappa shape index (κ3) is 2.71. The van der Waals surface area contributed by atoms with Crippen LogP contribution in [0.5, 0.6) is 5.75 Å². The summed E-state index contributed by atoms with van der Waals surface area (Å²) in [4.78, 5) is 31.5. The molecule has 30 heavy (non-hydrogen) atoms. The highest BCUT2D eigenvalue weighted by Gasteiger charge is 2.70. The van der Waals surface area contributed by atoms with Gasteiger partial charge in [-0.3, -0.25) is 14.5 Å². The van der Waals surface area contributed by atoms with E-state index in [1.54, 1.807) is 7.11 Å². The van der Waals surface area contributed by atoms with Gasteiger partial charge in [0.05, 0.1) is 26.2 Å². The summed E-state index contributed by atoms with van der Waals surface area (Å²) in [6.07, 6.45) is 2.17. The first-order valence-corrected chi connectivity index (χ1v) is 10.9. The number of amides is 2. The molecule has 0 aromatic heterocycles. The first-order valence-electron chi connectivity index (χ1n) is 10.9. The average Bonchev–Trinajstić information content (AvgIpc) is 2.87. The number of nitrogens with zero attached hydrogens (tertiary/aromatic N) is 3. The number of benzene rings is 1. The Morgan fingerprint density at radius 2 is 2.20 bits per heavy atom. The van der Waals surface area contributed by atoms with Crippen LogP contribution in [-0.2, 0) is 21.4 Å². The molecule has 2 aliphatic heterocycles. The molecular weight excluding hydrogens is 380 g/mol. The van der Waals surface area contributed by atoms with Crippen molar-refractivity contribution in [1.82, 2.24) is 20.0 Å². The van der Waals surface area contributed by atoms with Crippen molar-refractivity contribution >= 4 is 11.8 Å². The van der Waals surface area contributed by atoms with Gasteiger partial charge >= 0.3 is 0 Å². The lowest BCUT2D eigenvalue weighted by Gasteiger charge is -2.55. The number of methoxy groups -OCH3 is 1. The Labute approximate surface area is 178 Å². The number of ether oxygens (including phenoxy) is 1. The number of rotatable bonds is 4. The van der Waals surface area contributed by atoms with Gasteiger partial charge in [0.15, 0.2) is 0 Å². The Morgan fingerprint density at radius 3 is 2.90 bits per heavy atom. The maximum Gasteiger partial charge on any atom is 0.236 e. The number of nitrogens with one attached hydrogen (secondary N) is 1. The molecule has 3 fully saturated rings. The summed E-state index contributed by atoms with van der Waals surface area (Å²) in [6, 6.07) is 6.94. The number of hydrogen-bond acceptors (Lipinski definition) is 5. The van der Waals surface area contributed by atoms with Crippen molar-refractivity contribution in [3.63, 3.8) is 0 Å². The number of piperazine rings is 1. The fourth-order valence-electron chi connectivity index (χ4n) is 7.11. The van der Waals surface area contributed by atoms with Crippen LogP contribution in [0.2, 0.25) is 0 Å². The molecule has 2 heterocycles. The molecule has 4 atom stereocenters. The Hall–Kier alpha value is -2.12. The van der Waals surface area contributed by atoms with Gasteiger partial charge in [-0.2, -0.15) is 0 Å². The zero-order chi connectivity index (χ0) is 21.3. The van der Waals surface area contributed by atoms with Crippen molar-refractivity contribution in [2.45, 2.75) is 37.3 Å². The minimum atomic E-state index is -0.110. The maximum absolute atomic E-state index is 13.4. The lowest BCUT2D eigenvalue weighted by atomic mass is 9.63. The van der Waals surface area contributed by atoms with Crippen LogP contribution in [0.1, 0.15) is 24.5 Å². The van der Waals surface area contributed by atoms with Gasteiger partial charge in [0.2, 0.25) is 11.8 Å². The molecule has 4 aliphatic rings. The van der Waals surface area contributed by atoms with E-state index in [0.29, 0.717) is 25.7 Å². The monoisotopic (exact) mass is 412 g/mol. The summed E-state index contributed by atoms with van der Waals surface area (Å²) >= 11 is 0. The topological polar surface area (TPSA) is 65.1 Å². The number of hydrogen-bond donors (Lipinski definition) is 1. The zero-order valence-electron chi connectivity index (χ0n) is 18.4. The number of carbonyl (C=O) groups excluding carboxylic acids is 2. The van der Waals surface area contributed by atoms with E-state index in [1.807, 2.05) is 16.8 Å². The molecule has 7 heteroatoms. The molecule has 1 aromatic rings. The fraction of sp³-hybridized carbons (Fsp3) is 0.652. The molecule has 2 bridgehead atoms. The predicted octanol–water partition coefficient (Wildman–Crippen LogP) is 0.472. The molecule has 0 radical (unpaired) electrons. The van der Waals surface area contributed by atoms with Crippen LogP contribution >= 0.6 is 0 Å². The molecule has 1 N–H and O–H groups in total. The highest BCUT2D eigenvalue weighted by atomic mass is 16.5. The second kappa shape index (κ2) is 6.69. The van der Waals surface area contributed by atoms with Crippen LogP contribution in [-0.4, -0.2) is 92.5 Å². The Morgan fingerprint density at radius 1 is 1.40 bits per heavy atom. The van der Waals surface area contributed by atoms with Crippen molar-refractivity contribution in [3.8, 4) is 5.75 Å². The molecule has 2 amide bonds. The summed E-state index contributed by atoms with van der Waals surface area (Å²) in [5.74, 6) is 0.980. The second-order valence-corrected chi connectivity index (χ2v) is 10.0. The number of fused-ring (bicyclic) bond motifs is 3. The van der Waals surface area contributed by atoms with Gasteiger partial charge < -0.3 is 19.9 Å². The van der Waals surface area contributed by atoms with Gasteiger partial charge in [-0.25, -0.2) is 0 Å². The molecule has 2 unspecified atom stereocenters. The third-order valence-electron chi connectivity index (χ3n) is 8.10. The van der Waals surface area contributed by atoms with E-state index in [1.165, 1.54) is 11.1 Å². The van der Waals surface area contributed by atoms with Gasteiger partial charge in [0, 0.05) is 43.6 Å². The summed E-state index contributed by atoms with van der Waals surface area (Å²) in [5.41, 5.74) is 2.87. The smallest absolute Gasteiger partial charge is 0.236 e. The third-order valence-corrected chi connectivity index (χ3v) is 8.10. The Balaban J connectivity index is 1.47. The normalized spacial score (nSPS) is 35.1. The number of likely N-dealkylation sites (tertiary alicyclic amines) is 1. The van der Waals surface area contributed by atoms with Gasteiger partial charge in [-0.05, 0) is 43.1 Å². The molecular formula is C23H32N4O3. The van der Waals surface area contributed by atoms with E-state index >= 15 is 0 Å². The van der Waals surface area contributed by atoms with Crippen LogP contribution < -0.4 is 10.1 Å². The fourth-order valence-corrected chi connectivity index (χ4v) is 7.11. The van der Waals surface area contributed by atoms with E-state index in [4.69, 9.17) is 4.74 Å². The number of carbonyl (C=O) groups is 2. The van der Waals surface area contributed by atoms with Crippen molar-refractivity contribution < 1.29 is 14.3 Å². The Bertz CT molecular complexity index is 904. The van der Waals surface area contributed by atoms with Crippen LogP contribution in [0, 0.1) is 5.41 Å². The minimum Gasteiger partial charge on any atom is -0.497 e. The second-order valence-electron chi connectivity index (χ2n) is 10.0. The van der Waals surface area contributed by atoms with E-state index < -0.39 is 0 Å². The highest BCUT2D eigenvalue weighted by Crippen LogP contribution is 2.64. The lowest BCUT2D eigenvalue weighted by molar-refractivity contribution is -0.139. The van der Waals surface area contributed by atoms with E-state index in [-0.39, 0.29) is 28.7 Å². The van der Waals surface area contributed by atoms with E-state index in [0.717, 1.165) is 31.7 Å². The van der Waals surface area contributed by atoms with Gasteiger partial charge in [-0.1, -0.05) is 13.0 Å². The molecule has 7 nitrogen and oxygen atoms in total. The Kier molecular flexibility index (Phi) is 4.42. The standard InChI is InChI=1S/C23H32N4O3/c1-22-13-23(10-15-5-6-16(30-4)9-17(15)22)14-25(2)21(23)20(22)26(3)19(29)12-27-8-7-24-18(28)11-27/h5-6,9,20-21H,7-8,10-14H2,1-4H3,(H,24,28)/t20-,21?,22+,23?/m0/s1. The summed E-state index contributed by atoms with van der Waals surface area (Å²) in [5, 5.41) is 2.83. The largest absolute Gasteiger partial charge is 0.497 e. The van der Waals surface area contributed by atoms with Gasteiger partial charge in [-0.15, -0.1) is 0 Å². The van der Waals surface area contributed by atoms with Gasteiger partial charge in [0.25, 0.3) is 0 Å². The van der Waals surface area contributed by atoms with Crippen molar-refractivity contribution in [1.29, 1.82) is 0 Å². The molecule has 5 rings (SSSR count). The molecule has 1 saturated carbocycles. The maximum atomic E-state index is 13.4. The van der Waals surface area contributed by atoms with Gasteiger partial charge in [0.1, 0.15) is 5.75 Å². The first-order chi connectivity index (χ1) is 14.3. The molecule has 2 saturated heterocycles. The van der Waals surface area contributed by atoms with E-state index in [2.05, 4.69) is 42.4 Å². The zero-order valence-corrected chi connectivity index (χ0v) is 18.4. The van der Waals surface area contributed by atoms with E-state index in [9.17, 15) is 9.59 Å². The van der Waals surface area contributed by atoms with Crippen molar-refractivity contribution in [3.05, 3.63) is 29.3 Å². The minimum absolute atomic E-state index is 0.000843. The average molecular weight is 413 g/mol. The SMILES string of the molecule is COc1ccc2c(c1)[C@@]1(C)CC3(C2)CN(C)C3[C@@H]1N(C)C(=O)CN1CCNC(=O)C1. The van der Waals surface area contributed by atoms with Crippen molar-refractivity contribution in [2.75, 3.05) is 53.9 Å². The highest BCUT2D eigenvalue weighted by molar-refractivity contribution is 5.82. The van der Waals surface area contributed by atoms with Crippen molar-refractivity contribution in [2.24, 2.45) is 5.41 Å². The number of likely N-dealkylation sites (N-methyl/N-ethyl adjacent to an activating group) is 2. The van der Waals surface area contributed by atoms with Crippen LogP contribution in [0.25, 0.3) is 0 Å². The van der Waals surface area contributed by atoms with Crippen LogP contribution in [0.15, 0.2) is 18.2 Å². The lowest BCUT2D eigenvalue weighted by Crippen LogP contribution is -2.67.